The Balaban J connectivity index is 2.68. The molecule has 0 N–H and O–H groups in total. The second kappa shape index (κ2) is 5.29. The van der Waals surface area contributed by atoms with E-state index in [1.54, 1.807) is 0 Å². The van der Waals surface area contributed by atoms with E-state index in [0.717, 1.165) is 6.42 Å². The van der Waals surface area contributed by atoms with Crippen molar-refractivity contribution in [3.63, 3.8) is 0 Å². The van der Waals surface area contributed by atoms with E-state index in [9.17, 15) is 4.79 Å². The van der Waals surface area contributed by atoms with Crippen LogP contribution in [0.2, 0.25) is 0 Å². The first-order valence-corrected chi connectivity index (χ1v) is 4.74. The first-order chi connectivity index (χ1) is 7.17. The summed E-state index contributed by atoms with van der Waals surface area (Å²) in [7, 11) is 1.31. The number of hydrogen-bond acceptors (Lipinski definition) is 5. The minimum atomic E-state index is -0.454. The Hall–Kier alpha value is -1.65. The van der Waals surface area contributed by atoms with Gasteiger partial charge in [-0.05, 0) is 13.3 Å². The Morgan fingerprint density at radius 3 is 2.53 bits per heavy atom. The van der Waals surface area contributed by atoms with Crippen LogP contribution in [0.25, 0.3) is 0 Å². The van der Waals surface area contributed by atoms with E-state index in [1.807, 2.05) is 13.8 Å². The van der Waals surface area contributed by atoms with Crippen LogP contribution in [0.4, 0.5) is 0 Å². The summed E-state index contributed by atoms with van der Waals surface area (Å²) in [5.74, 6) is -0.454. The lowest BCUT2D eigenvalue weighted by Crippen LogP contribution is -2.12. The minimum absolute atomic E-state index is 0.0639. The number of nitrogens with zero attached hydrogens (tertiary/aromatic N) is 2. The predicted octanol–water partition coefficient (Wildman–Crippen LogP) is 1.44. The lowest BCUT2D eigenvalue weighted by atomic mass is 10.3. The largest absolute Gasteiger partial charge is 0.465 e. The minimum Gasteiger partial charge on any atom is -0.465 e. The molecule has 82 valence electrons. The summed E-state index contributed by atoms with van der Waals surface area (Å²) in [4.78, 5) is 18.9. The Morgan fingerprint density at radius 2 is 2.07 bits per heavy atom. The van der Waals surface area contributed by atoms with Crippen LogP contribution in [0.3, 0.4) is 0 Å². The third-order valence-corrected chi connectivity index (χ3v) is 1.93. The fourth-order valence-electron chi connectivity index (χ4n) is 0.864. The van der Waals surface area contributed by atoms with Crippen LogP contribution in [0.5, 0.6) is 6.01 Å². The maximum absolute atomic E-state index is 11.1. The summed E-state index contributed by atoms with van der Waals surface area (Å²) in [6.07, 6.45) is 3.71. The number of ether oxygens (including phenoxy) is 2. The Morgan fingerprint density at radius 1 is 1.47 bits per heavy atom. The van der Waals surface area contributed by atoms with Crippen molar-refractivity contribution in [1.29, 1.82) is 0 Å². The molecule has 1 heterocycles. The van der Waals surface area contributed by atoms with Gasteiger partial charge in [0, 0.05) is 12.4 Å². The molecule has 0 saturated heterocycles. The van der Waals surface area contributed by atoms with E-state index in [4.69, 9.17) is 4.74 Å². The molecule has 0 fully saturated rings. The van der Waals surface area contributed by atoms with Crippen molar-refractivity contribution in [1.82, 2.24) is 9.97 Å². The number of carbonyl (C=O) groups excluding carboxylic acids is 1. The number of rotatable bonds is 4. The molecule has 1 rings (SSSR count). The molecule has 5 heteroatoms. The van der Waals surface area contributed by atoms with Crippen LogP contribution in [0.15, 0.2) is 12.4 Å². The lowest BCUT2D eigenvalue weighted by Gasteiger charge is -2.09. The molecule has 1 aromatic rings. The van der Waals surface area contributed by atoms with Crippen LogP contribution in [0, 0.1) is 0 Å². The summed E-state index contributed by atoms with van der Waals surface area (Å²) in [6, 6.07) is 0.275. The normalized spacial score (nSPS) is 11.9. The molecule has 1 unspecified atom stereocenters. The average Bonchev–Trinajstić information content (AvgIpc) is 2.29. The zero-order valence-electron chi connectivity index (χ0n) is 9.06. The third-order valence-electron chi connectivity index (χ3n) is 1.93. The first-order valence-electron chi connectivity index (χ1n) is 4.74. The molecule has 5 nitrogen and oxygen atoms in total. The fraction of sp³-hybridized carbons (Fsp3) is 0.500. The van der Waals surface area contributed by atoms with Crippen molar-refractivity contribution in [2.75, 3.05) is 7.11 Å². The number of hydrogen-bond donors (Lipinski definition) is 0. The number of esters is 1. The second-order valence-electron chi connectivity index (χ2n) is 3.08. The summed E-state index contributed by atoms with van der Waals surface area (Å²) in [5.41, 5.74) is 0.314. The average molecular weight is 210 g/mol. The maximum Gasteiger partial charge on any atom is 0.341 e. The van der Waals surface area contributed by atoms with Crippen molar-refractivity contribution in [2.24, 2.45) is 0 Å². The molecule has 0 spiro atoms. The quantitative estimate of drug-likeness (QED) is 0.704. The van der Waals surface area contributed by atoms with Gasteiger partial charge in [0.25, 0.3) is 0 Å². The smallest absolute Gasteiger partial charge is 0.341 e. The highest BCUT2D eigenvalue weighted by atomic mass is 16.5. The van der Waals surface area contributed by atoms with Crippen molar-refractivity contribution in [3.8, 4) is 6.01 Å². The number of aromatic nitrogens is 2. The SMILES string of the molecule is CCC(C)Oc1ncc(C(=O)OC)cn1. The van der Waals surface area contributed by atoms with E-state index < -0.39 is 5.97 Å². The van der Waals surface area contributed by atoms with Crippen LogP contribution in [-0.4, -0.2) is 29.2 Å². The van der Waals surface area contributed by atoms with Gasteiger partial charge in [0.1, 0.15) is 0 Å². The molecular formula is C10H14N2O3. The van der Waals surface area contributed by atoms with Crippen molar-refractivity contribution in [3.05, 3.63) is 18.0 Å². The van der Waals surface area contributed by atoms with Gasteiger partial charge in [0.05, 0.1) is 18.8 Å². The number of carbonyl (C=O) groups is 1. The first kappa shape index (κ1) is 11.4. The van der Waals surface area contributed by atoms with Gasteiger partial charge in [-0.25, -0.2) is 14.8 Å². The summed E-state index contributed by atoms with van der Waals surface area (Å²) >= 11 is 0. The van der Waals surface area contributed by atoms with Crippen LogP contribution in [-0.2, 0) is 4.74 Å². The van der Waals surface area contributed by atoms with E-state index in [0.29, 0.717) is 5.56 Å². The van der Waals surface area contributed by atoms with E-state index >= 15 is 0 Å². The Labute approximate surface area is 88.4 Å². The van der Waals surface area contributed by atoms with Crippen molar-refractivity contribution in [2.45, 2.75) is 26.4 Å². The summed E-state index contributed by atoms with van der Waals surface area (Å²) in [5, 5.41) is 0. The van der Waals surface area contributed by atoms with Gasteiger partial charge >= 0.3 is 12.0 Å². The molecule has 0 aliphatic carbocycles. The van der Waals surface area contributed by atoms with Crippen LogP contribution >= 0.6 is 0 Å². The lowest BCUT2D eigenvalue weighted by molar-refractivity contribution is 0.0599. The van der Waals surface area contributed by atoms with Crippen LogP contribution < -0.4 is 4.74 Å². The van der Waals surface area contributed by atoms with E-state index in [1.165, 1.54) is 19.5 Å². The molecule has 0 amide bonds. The molecule has 15 heavy (non-hydrogen) atoms. The van der Waals surface area contributed by atoms with Gasteiger partial charge in [-0.1, -0.05) is 6.92 Å². The van der Waals surface area contributed by atoms with Gasteiger partial charge < -0.3 is 9.47 Å². The zero-order chi connectivity index (χ0) is 11.3. The van der Waals surface area contributed by atoms with Gasteiger partial charge in [0.2, 0.25) is 0 Å². The highest BCUT2D eigenvalue weighted by Crippen LogP contribution is 2.07. The van der Waals surface area contributed by atoms with Crippen LogP contribution in [0.1, 0.15) is 30.6 Å². The zero-order valence-corrected chi connectivity index (χ0v) is 9.06. The maximum atomic E-state index is 11.1. The van der Waals surface area contributed by atoms with E-state index in [2.05, 4.69) is 14.7 Å². The molecule has 1 atom stereocenters. The Kier molecular flexibility index (Phi) is 4.03. The summed E-state index contributed by atoms with van der Waals surface area (Å²) < 4.78 is 9.88. The highest BCUT2D eigenvalue weighted by Gasteiger charge is 2.08. The molecule has 0 saturated carbocycles. The van der Waals surface area contributed by atoms with Gasteiger partial charge in [-0.15, -0.1) is 0 Å². The fourth-order valence-corrected chi connectivity index (χ4v) is 0.864. The second-order valence-corrected chi connectivity index (χ2v) is 3.08. The molecule has 0 bridgehead atoms. The molecule has 0 aromatic carbocycles. The highest BCUT2D eigenvalue weighted by molar-refractivity contribution is 5.88. The van der Waals surface area contributed by atoms with E-state index in [-0.39, 0.29) is 12.1 Å². The standard InChI is InChI=1S/C10H14N2O3/c1-4-7(2)15-10-11-5-8(6-12-10)9(13)14-3/h5-7H,4H2,1-3H3. The Bertz CT molecular complexity index is 324. The monoisotopic (exact) mass is 210 g/mol. The summed E-state index contributed by atoms with van der Waals surface area (Å²) in [6.45, 7) is 3.94. The van der Waals surface area contributed by atoms with Gasteiger partial charge in [0.15, 0.2) is 0 Å². The predicted molar refractivity (Wildman–Crippen MR) is 53.8 cm³/mol. The van der Waals surface area contributed by atoms with Crippen molar-refractivity contribution >= 4 is 5.97 Å². The topological polar surface area (TPSA) is 61.3 Å². The van der Waals surface area contributed by atoms with Crippen molar-refractivity contribution < 1.29 is 14.3 Å². The molecular weight excluding hydrogens is 196 g/mol. The third kappa shape index (κ3) is 3.19. The number of methoxy groups -OCH3 is 1. The van der Waals surface area contributed by atoms with Gasteiger partial charge in [-0.2, -0.15) is 0 Å². The molecule has 0 aliphatic rings. The molecule has 0 radical (unpaired) electrons. The molecule has 0 aliphatic heterocycles. The van der Waals surface area contributed by atoms with Gasteiger partial charge in [-0.3, -0.25) is 0 Å². The molecule has 1 aromatic heterocycles.